The second-order valence-corrected chi connectivity index (χ2v) is 6.25. The number of ether oxygens (including phenoxy) is 1. The van der Waals surface area contributed by atoms with Gasteiger partial charge in [0, 0.05) is 7.05 Å². The summed E-state index contributed by atoms with van der Waals surface area (Å²) in [5.41, 5.74) is 5.77. The lowest BCUT2D eigenvalue weighted by Gasteiger charge is -2.08. The first kappa shape index (κ1) is 17.2. The number of hydrogen-bond acceptors (Lipinski definition) is 4. The molecule has 2 aromatic carbocycles. The van der Waals surface area contributed by atoms with Crippen molar-refractivity contribution in [2.24, 2.45) is 12.1 Å². The van der Waals surface area contributed by atoms with Crippen molar-refractivity contribution < 1.29 is 13.5 Å². The van der Waals surface area contributed by atoms with E-state index in [0.717, 1.165) is 26.3 Å². The van der Waals surface area contributed by atoms with Crippen LogP contribution in [0.25, 0.3) is 15.9 Å². The van der Waals surface area contributed by atoms with Gasteiger partial charge in [0.15, 0.2) is 0 Å². The van der Waals surface area contributed by atoms with Crippen molar-refractivity contribution in [1.82, 2.24) is 9.99 Å². The molecular formula is C18H17F2N3OS. The molecule has 0 bridgehead atoms. The number of hydrogen-bond donors (Lipinski definition) is 1. The summed E-state index contributed by atoms with van der Waals surface area (Å²) < 4.78 is 32.0. The second-order valence-electron chi connectivity index (χ2n) is 5.24. The average molecular weight is 361 g/mol. The van der Waals surface area contributed by atoms with Crippen molar-refractivity contribution in [3.63, 3.8) is 0 Å². The normalized spacial score (nSPS) is 12.8. The molecule has 1 heterocycles. The third-order valence-electron chi connectivity index (χ3n) is 3.67. The summed E-state index contributed by atoms with van der Waals surface area (Å²) in [5, 5.41) is 4.47. The number of fused-ring (bicyclic) bond motifs is 1. The van der Waals surface area contributed by atoms with E-state index in [0.29, 0.717) is 0 Å². The summed E-state index contributed by atoms with van der Waals surface area (Å²) in [6.45, 7) is -0.945. The van der Waals surface area contributed by atoms with Crippen LogP contribution in [-0.2, 0) is 7.05 Å². The first-order chi connectivity index (χ1) is 12.1. The highest BCUT2D eigenvalue weighted by Crippen LogP contribution is 2.19. The topological polar surface area (TPSA) is 38.5 Å². The van der Waals surface area contributed by atoms with Crippen LogP contribution in [0.4, 0.5) is 8.78 Å². The standard InChI is InChI=1S/C18H17F2N3OS/c1-3-14(12-8-10-13(11-9-12)24-17(19)20)21-22-18-23(2)15-6-4-5-7-16(15)25-18/h3-11,17,21H,1-2H3/b14-3+,22-18-. The summed E-state index contributed by atoms with van der Waals surface area (Å²) in [5.74, 6) is 0.127. The van der Waals surface area contributed by atoms with Gasteiger partial charge >= 0.3 is 6.61 Å². The molecule has 3 rings (SSSR count). The highest BCUT2D eigenvalue weighted by molar-refractivity contribution is 7.16. The number of thiazole rings is 1. The number of para-hydroxylation sites is 1. The number of nitrogens with zero attached hydrogens (tertiary/aromatic N) is 2. The van der Waals surface area contributed by atoms with Crippen molar-refractivity contribution in [3.05, 3.63) is 65.0 Å². The van der Waals surface area contributed by atoms with E-state index in [1.54, 1.807) is 23.5 Å². The molecule has 0 aliphatic carbocycles. The molecule has 0 saturated heterocycles. The van der Waals surface area contributed by atoms with E-state index >= 15 is 0 Å². The van der Waals surface area contributed by atoms with Crippen LogP contribution in [0, 0.1) is 0 Å². The SMILES string of the molecule is C/C=C(/N/N=c1\sc2ccccc2n1C)c1ccc(OC(F)F)cc1. The van der Waals surface area contributed by atoms with E-state index in [2.05, 4.69) is 21.3 Å². The van der Waals surface area contributed by atoms with Crippen molar-refractivity contribution >= 4 is 27.3 Å². The Morgan fingerprint density at radius 1 is 1.20 bits per heavy atom. The summed E-state index contributed by atoms with van der Waals surface area (Å²) in [6.07, 6.45) is 1.87. The monoisotopic (exact) mass is 361 g/mol. The molecule has 130 valence electrons. The molecule has 0 unspecified atom stereocenters. The molecule has 0 saturated carbocycles. The highest BCUT2D eigenvalue weighted by atomic mass is 32.1. The van der Waals surface area contributed by atoms with Gasteiger partial charge in [-0.15, -0.1) is 5.10 Å². The number of benzene rings is 2. The third kappa shape index (κ3) is 3.88. The van der Waals surface area contributed by atoms with Crippen LogP contribution < -0.4 is 15.0 Å². The molecule has 1 aromatic heterocycles. The Bertz CT molecular complexity index is 958. The van der Waals surface area contributed by atoms with E-state index in [1.165, 1.54) is 12.1 Å². The van der Waals surface area contributed by atoms with Crippen molar-refractivity contribution in [3.8, 4) is 5.75 Å². The fourth-order valence-corrected chi connectivity index (χ4v) is 3.39. The lowest BCUT2D eigenvalue weighted by Crippen LogP contribution is -2.16. The highest BCUT2D eigenvalue weighted by Gasteiger charge is 2.06. The zero-order valence-corrected chi connectivity index (χ0v) is 14.6. The summed E-state index contributed by atoms with van der Waals surface area (Å²) in [4.78, 5) is 0.832. The Labute approximate surface area is 147 Å². The lowest BCUT2D eigenvalue weighted by molar-refractivity contribution is -0.0498. The maximum absolute atomic E-state index is 12.2. The Kier molecular flexibility index (Phi) is 5.14. The molecule has 0 radical (unpaired) electrons. The Balaban J connectivity index is 1.83. The largest absolute Gasteiger partial charge is 0.435 e. The van der Waals surface area contributed by atoms with Crippen molar-refractivity contribution in [2.75, 3.05) is 0 Å². The van der Waals surface area contributed by atoms with Crippen LogP contribution in [0.5, 0.6) is 5.75 Å². The molecule has 25 heavy (non-hydrogen) atoms. The minimum atomic E-state index is -2.83. The minimum absolute atomic E-state index is 0.127. The van der Waals surface area contributed by atoms with E-state index in [-0.39, 0.29) is 5.75 Å². The first-order valence-corrected chi connectivity index (χ1v) is 8.46. The van der Waals surface area contributed by atoms with Crippen LogP contribution in [0.1, 0.15) is 12.5 Å². The number of aryl methyl sites for hydroxylation is 1. The van der Waals surface area contributed by atoms with Gasteiger partial charge in [-0.25, -0.2) is 0 Å². The van der Waals surface area contributed by atoms with Crippen LogP contribution in [0.3, 0.4) is 0 Å². The first-order valence-electron chi connectivity index (χ1n) is 7.64. The van der Waals surface area contributed by atoms with Crippen LogP contribution >= 0.6 is 11.3 Å². The average Bonchev–Trinajstić information content (AvgIpc) is 2.93. The zero-order chi connectivity index (χ0) is 17.8. The molecule has 7 heteroatoms. The van der Waals surface area contributed by atoms with E-state index < -0.39 is 6.61 Å². The van der Waals surface area contributed by atoms with E-state index in [4.69, 9.17) is 0 Å². The number of rotatable bonds is 5. The lowest BCUT2D eigenvalue weighted by atomic mass is 10.1. The quantitative estimate of drug-likeness (QED) is 0.688. The van der Waals surface area contributed by atoms with Gasteiger partial charge in [-0.3, -0.25) is 5.43 Å². The van der Waals surface area contributed by atoms with Crippen LogP contribution in [0.2, 0.25) is 0 Å². The molecule has 1 N–H and O–H groups in total. The fraction of sp³-hybridized carbons (Fsp3) is 0.167. The molecule has 0 atom stereocenters. The molecule has 0 spiro atoms. The molecule has 0 fully saturated rings. The molecule has 0 aliphatic rings. The maximum atomic E-state index is 12.2. The van der Waals surface area contributed by atoms with Gasteiger partial charge in [-0.2, -0.15) is 8.78 Å². The Morgan fingerprint density at radius 3 is 2.56 bits per heavy atom. The Hall–Kier alpha value is -2.67. The number of aromatic nitrogens is 1. The van der Waals surface area contributed by atoms with Gasteiger partial charge in [-0.05, 0) is 48.9 Å². The molecule has 0 amide bonds. The van der Waals surface area contributed by atoms with E-state index in [9.17, 15) is 8.78 Å². The number of alkyl halides is 2. The van der Waals surface area contributed by atoms with E-state index in [1.807, 2.05) is 42.8 Å². The van der Waals surface area contributed by atoms with Crippen LogP contribution in [0.15, 0.2) is 59.7 Å². The zero-order valence-electron chi connectivity index (χ0n) is 13.7. The number of nitrogens with one attached hydrogen (secondary N) is 1. The Morgan fingerprint density at radius 2 is 1.92 bits per heavy atom. The number of halogens is 2. The van der Waals surface area contributed by atoms with Crippen molar-refractivity contribution in [1.29, 1.82) is 0 Å². The second kappa shape index (κ2) is 7.48. The fourth-order valence-electron chi connectivity index (χ4n) is 2.41. The van der Waals surface area contributed by atoms with Crippen molar-refractivity contribution in [2.45, 2.75) is 13.5 Å². The van der Waals surface area contributed by atoms with Gasteiger partial charge in [-0.1, -0.05) is 29.5 Å². The van der Waals surface area contributed by atoms with Crippen LogP contribution in [-0.4, -0.2) is 11.2 Å². The minimum Gasteiger partial charge on any atom is -0.435 e. The molecule has 3 aromatic rings. The van der Waals surface area contributed by atoms with Gasteiger partial charge in [0.05, 0.1) is 15.9 Å². The summed E-state index contributed by atoms with van der Waals surface area (Å²) in [7, 11) is 1.96. The molecular weight excluding hydrogens is 344 g/mol. The molecule has 0 aliphatic heterocycles. The maximum Gasteiger partial charge on any atom is 0.387 e. The summed E-state index contributed by atoms with van der Waals surface area (Å²) in [6, 6.07) is 14.5. The predicted molar refractivity (Wildman–Crippen MR) is 96.2 cm³/mol. The predicted octanol–water partition coefficient (Wildman–Crippen LogP) is 4.31. The van der Waals surface area contributed by atoms with Gasteiger partial charge in [0.1, 0.15) is 5.75 Å². The smallest absolute Gasteiger partial charge is 0.387 e. The number of allylic oxidation sites excluding steroid dienone is 1. The van der Waals surface area contributed by atoms with Gasteiger partial charge in [0.2, 0.25) is 4.80 Å². The van der Waals surface area contributed by atoms with Gasteiger partial charge in [0.25, 0.3) is 0 Å². The molecule has 4 nitrogen and oxygen atoms in total. The third-order valence-corrected chi connectivity index (χ3v) is 4.78. The summed E-state index contributed by atoms with van der Waals surface area (Å²) >= 11 is 1.58. The van der Waals surface area contributed by atoms with Gasteiger partial charge < -0.3 is 9.30 Å².